The highest BCUT2D eigenvalue weighted by Crippen LogP contribution is 2.42. The van der Waals surface area contributed by atoms with Gasteiger partial charge in [0.05, 0.1) is 4.92 Å². The minimum absolute atomic E-state index is 0.143. The van der Waals surface area contributed by atoms with Gasteiger partial charge in [-0.3, -0.25) is 10.1 Å². The highest BCUT2D eigenvalue weighted by molar-refractivity contribution is 5.46. The molecule has 0 radical (unpaired) electrons. The summed E-state index contributed by atoms with van der Waals surface area (Å²) >= 11 is 0. The molecule has 1 aliphatic carbocycles. The highest BCUT2D eigenvalue weighted by atomic mass is 16.6. The maximum atomic E-state index is 10.9. The van der Waals surface area contributed by atoms with Crippen molar-refractivity contribution in [1.82, 2.24) is 0 Å². The second kappa shape index (κ2) is 5.95. The van der Waals surface area contributed by atoms with Crippen LogP contribution in [0.15, 0.2) is 48.5 Å². The van der Waals surface area contributed by atoms with Gasteiger partial charge in [0, 0.05) is 17.7 Å². The fourth-order valence-electron chi connectivity index (χ4n) is 2.55. The van der Waals surface area contributed by atoms with Crippen molar-refractivity contribution in [2.24, 2.45) is 0 Å². The van der Waals surface area contributed by atoms with E-state index >= 15 is 0 Å². The lowest BCUT2D eigenvalue weighted by Gasteiger charge is -2.27. The Morgan fingerprint density at radius 1 is 1.14 bits per heavy atom. The molecule has 1 aliphatic rings. The van der Waals surface area contributed by atoms with Gasteiger partial charge >= 0.3 is 0 Å². The lowest BCUT2D eigenvalue weighted by molar-refractivity contribution is -0.385. The molecule has 0 atom stereocenters. The standard InChI is InChI=1S/C17H17NO3/c19-18(20)15-9-10-17(16(11-15)14-7-4-8-14)21-12-13-5-2-1-3-6-13/h1-3,5-6,9-11,14H,4,7-8,12H2. The van der Waals surface area contributed by atoms with Crippen molar-refractivity contribution in [1.29, 1.82) is 0 Å². The molecule has 3 rings (SSSR count). The summed E-state index contributed by atoms with van der Waals surface area (Å²) in [6, 6.07) is 14.8. The van der Waals surface area contributed by atoms with Crippen LogP contribution in [0.2, 0.25) is 0 Å². The number of nitro groups is 1. The zero-order valence-electron chi connectivity index (χ0n) is 11.7. The van der Waals surface area contributed by atoms with E-state index in [1.54, 1.807) is 12.1 Å². The summed E-state index contributed by atoms with van der Waals surface area (Å²) in [6.07, 6.45) is 3.36. The summed E-state index contributed by atoms with van der Waals surface area (Å²) < 4.78 is 5.89. The first-order valence-corrected chi connectivity index (χ1v) is 7.19. The van der Waals surface area contributed by atoms with Gasteiger partial charge in [-0.25, -0.2) is 0 Å². The molecule has 4 heteroatoms. The van der Waals surface area contributed by atoms with Crippen LogP contribution in [-0.2, 0) is 6.61 Å². The van der Waals surface area contributed by atoms with Crippen LogP contribution in [0.3, 0.4) is 0 Å². The van der Waals surface area contributed by atoms with E-state index in [0.717, 1.165) is 29.7 Å². The molecule has 0 amide bonds. The Labute approximate surface area is 123 Å². The molecule has 2 aromatic carbocycles. The Hall–Kier alpha value is -2.36. The molecule has 0 unspecified atom stereocenters. The summed E-state index contributed by atoms with van der Waals surface area (Å²) in [6.45, 7) is 0.484. The summed E-state index contributed by atoms with van der Waals surface area (Å²) in [4.78, 5) is 10.6. The van der Waals surface area contributed by atoms with Gasteiger partial charge in [0.25, 0.3) is 5.69 Å². The third-order valence-corrected chi connectivity index (χ3v) is 3.99. The minimum atomic E-state index is -0.344. The molecule has 4 nitrogen and oxygen atoms in total. The quantitative estimate of drug-likeness (QED) is 0.602. The van der Waals surface area contributed by atoms with Gasteiger partial charge in [0.2, 0.25) is 0 Å². The average molecular weight is 283 g/mol. The normalized spacial score (nSPS) is 14.5. The van der Waals surface area contributed by atoms with Gasteiger partial charge in [0.15, 0.2) is 0 Å². The van der Waals surface area contributed by atoms with E-state index in [2.05, 4.69) is 0 Å². The lowest BCUT2D eigenvalue weighted by atomic mass is 9.79. The van der Waals surface area contributed by atoms with Crippen LogP contribution in [0.1, 0.15) is 36.3 Å². The summed E-state index contributed by atoms with van der Waals surface area (Å²) in [5, 5.41) is 10.9. The van der Waals surface area contributed by atoms with Crippen LogP contribution in [0, 0.1) is 10.1 Å². The average Bonchev–Trinajstić information content (AvgIpc) is 2.45. The molecule has 1 saturated carbocycles. The van der Waals surface area contributed by atoms with Gasteiger partial charge in [-0.1, -0.05) is 36.8 Å². The number of nitrogens with zero attached hydrogens (tertiary/aromatic N) is 1. The number of benzene rings is 2. The smallest absolute Gasteiger partial charge is 0.269 e. The first-order valence-electron chi connectivity index (χ1n) is 7.19. The first kappa shape index (κ1) is 13.6. The maximum absolute atomic E-state index is 10.9. The predicted molar refractivity (Wildman–Crippen MR) is 80.5 cm³/mol. The fraction of sp³-hybridized carbons (Fsp3) is 0.294. The van der Waals surface area contributed by atoms with E-state index in [0.29, 0.717) is 12.5 Å². The lowest BCUT2D eigenvalue weighted by Crippen LogP contribution is -2.11. The summed E-state index contributed by atoms with van der Waals surface area (Å²) in [5.74, 6) is 1.17. The van der Waals surface area contributed by atoms with Crippen LogP contribution in [0.25, 0.3) is 0 Å². The number of hydrogen-bond acceptors (Lipinski definition) is 3. The SMILES string of the molecule is O=[N+]([O-])c1ccc(OCc2ccccc2)c(C2CCC2)c1. The van der Waals surface area contributed by atoms with Crippen molar-refractivity contribution in [3.8, 4) is 5.75 Å². The largest absolute Gasteiger partial charge is 0.489 e. The van der Waals surface area contributed by atoms with Gasteiger partial charge in [-0.05, 0) is 30.4 Å². The van der Waals surface area contributed by atoms with Crippen LogP contribution in [-0.4, -0.2) is 4.92 Å². The monoisotopic (exact) mass is 283 g/mol. The predicted octanol–water partition coefficient (Wildman–Crippen LogP) is 4.44. The van der Waals surface area contributed by atoms with Gasteiger partial charge < -0.3 is 4.74 Å². The van der Waals surface area contributed by atoms with E-state index in [1.807, 2.05) is 30.3 Å². The Balaban J connectivity index is 1.81. The topological polar surface area (TPSA) is 52.4 Å². The molecular weight excluding hydrogens is 266 g/mol. The molecule has 108 valence electrons. The van der Waals surface area contributed by atoms with E-state index in [-0.39, 0.29) is 10.6 Å². The number of hydrogen-bond donors (Lipinski definition) is 0. The maximum Gasteiger partial charge on any atom is 0.269 e. The Morgan fingerprint density at radius 2 is 1.90 bits per heavy atom. The van der Waals surface area contributed by atoms with E-state index in [9.17, 15) is 10.1 Å². The van der Waals surface area contributed by atoms with E-state index in [4.69, 9.17) is 4.74 Å². The zero-order chi connectivity index (χ0) is 14.7. The van der Waals surface area contributed by atoms with E-state index < -0.39 is 0 Å². The Kier molecular flexibility index (Phi) is 3.86. The van der Waals surface area contributed by atoms with Gasteiger partial charge in [-0.15, -0.1) is 0 Å². The molecule has 1 fully saturated rings. The number of rotatable bonds is 5. The van der Waals surface area contributed by atoms with Crippen LogP contribution in [0.4, 0.5) is 5.69 Å². The molecule has 0 bridgehead atoms. The zero-order valence-corrected chi connectivity index (χ0v) is 11.7. The third kappa shape index (κ3) is 3.05. The van der Waals surface area contributed by atoms with Crippen molar-refractivity contribution >= 4 is 5.69 Å². The molecule has 0 aliphatic heterocycles. The Morgan fingerprint density at radius 3 is 2.52 bits per heavy atom. The molecular formula is C17H17NO3. The minimum Gasteiger partial charge on any atom is -0.489 e. The van der Waals surface area contributed by atoms with Crippen molar-refractivity contribution in [3.05, 3.63) is 69.8 Å². The molecule has 0 N–H and O–H groups in total. The summed E-state index contributed by atoms with van der Waals surface area (Å²) in [5.41, 5.74) is 2.21. The van der Waals surface area contributed by atoms with Crippen LogP contribution in [0.5, 0.6) is 5.75 Å². The molecule has 0 saturated heterocycles. The van der Waals surface area contributed by atoms with Gasteiger partial charge in [0.1, 0.15) is 12.4 Å². The molecule has 0 heterocycles. The molecule has 0 aromatic heterocycles. The molecule has 0 spiro atoms. The van der Waals surface area contributed by atoms with Crippen molar-refractivity contribution in [2.75, 3.05) is 0 Å². The third-order valence-electron chi connectivity index (χ3n) is 3.99. The van der Waals surface area contributed by atoms with Crippen molar-refractivity contribution in [3.63, 3.8) is 0 Å². The first-order chi connectivity index (χ1) is 10.2. The molecule has 21 heavy (non-hydrogen) atoms. The van der Waals surface area contributed by atoms with Crippen molar-refractivity contribution in [2.45, 2.75) is 31.8 Å². The van der Waals surface area contributed by atoms with E-state index in [1.165, 1.54) is 12.5 Å². The fourth-order valence-corrected chi connectivity index (χ4v) is 2.55. The Bertz CT molecular complexity index is 636. The van der Waals surface area contributed by atoms with Crippen LogP contribution < -0.4 is 4.74 Å². The van der Waals surface area contributed by atoms with Crippen LogP contribution >= 0.6 is 0 Å². The second-order valence-corrected chi connectivity index (χ2v) is 5.38. The number of non-ortho nitro benzene ring substituents is 1. The van der Waals surface area contributed by atoms with Crippen molar-refractivity contribution < 1.29 is 9.66 Å². The summed E-state index contributed by atoms with van der Waals surface area (Å²) in [7, 11) is 0. The molecule has 2 aromatic rings. The van der Waals surface area contributed by atoms with Gasteiger partial charge in [-0.2, -0.15) is 0 Å². The second-order valence-electron chi connectivity index (χ2n) is 5.38. The number of nitro benzene ring substituents is 1. The highest BCUT2D eigenvalue weighted by Gasteiger charge is 2.25. The number of ether oxygens (including phenoxy) is 1.